The Morgan fingerprint density at radius 1 is 1.20 bits per heavy atom. The minimum atomic E-state index is -0.603. The van der Waals surface area contributed by atoms with Crippen molar-refractivity contribution in [1.82, 2.24) is 5.32 Å². The Labute approximate surface area is 91.2 Å². The first-order chi connectivity index (χ1) is 7.20. The lowest BCUT2D eigenvalue weighted by Gasteiger charge is -2.23. The number of carbonyl (C=O) groups is 1. The van der Waals surface area contributed by atoms with Crippen LogP contribution in [0.1, 0.15) is 51.4 Å². The predicted octanol–water partition coefficient (Wildman–Crippen LogP) is 1.60. The first-order valence-corrected chi connectivity index (χ1v) is 6.20. The molecule has 2 rings (SSSR count). The maximum absolute atomic E-state index is 11.7. The van der Waals surface area contributed by atoms with Gasteiger partial charge in [0, 0.05) is 12.5 Å². The van der Waals surface area contributed by atoms with Crippen molar-refractivity contribution >= 4 is 5.91 Å². The number of hydrogen-bond donors (Lipinski definition) is 2. The molecule has 0 aromatic heterocycles. The molecule has 0 bridgehead atoms. The molecule has 2 saturated carbocycles. The van der Waals surface area contributed by atoms with Gasteiger partial charge in [-0.2, -0.15) is 0 Å². The second-order valence-electron chi connectivity index (χ2n) is 5.13. The van der Waals surface area contributed by atoms with Crippen molar-refractivity contribution in [3.8, 4) is 0 Å². The van der Waals surface area contributed by atoms with Crippen LogP contribution in [0, 0.1) is 5.92 Å². The molecule has 0 radical (unpaired) electrons. The van der Waals surface area contributed by atoms with Crippen LogP contribution in [0.2, 0.25) is 0 Å². The molecule has 1 amide bonds. The van der Waals surface area contributed by atoms with E-state index < -0.39 is 5.60 Å². The molecule has 0 aliphatic heterocycles. The fourth-order valence-electron chi connectivity index (χ4n) is 2.79. The van der Waals surface area contributed by atoms with Crippen LogP contribution in [0.15, 0.2) is 0 Å². The minimum Gasteiger partial charge on any atom is -0.388 e. The van der Waals surface area contributed by atoms with Crippen molar-refractivity contribution in [3.63, 3.8) is 0 Å². The standard InChI is InChI=1S/C12H21NO2/c14-11(10-5-1-2-6-10)13-9-12(15)7-3-4-8-12/h10,15H,1-9H2,(H,13,14). The summed E-state index contributed by atoms with van der Waals surface area (Å²) in [7, 11) is 0. The van der Waals surface area contributed by atoms with Gasteiger partial charge in [-0.25, -0.2) is 0 Å². The molecule has 0 aromatic rings. The van der Waals surface area contributed by atoms with E-state index in [1.807, 2.05) is 0 Å². The minimum absolute atomic E-state index is 0.160. The van der Waals surface area contributed by atoms with Gasteiger partial charge in [0.15, 0.2) is 0 Å². The zero-order valence-electron chi connectivity index (χ0n) is 9.30. The van der Waals surface area contributed by atoms with Gasteiger partial charge < -0.3 is 10.4 Å². The van der Waals surface area contributed by atoms with E-state index in [1.165, 1.54) is 12.8 Å². The maximum Gasteiger partial charge on any atom is 0.223 e. The predicted molar refractivity (Wildman–Crippen MR) is 58.4 cm³/mol. The highest BCUT2D eigenvalue weighted by Gasteiger charge is 2.32. The number of rotatable bonds is 3. The van der Waals surface area contributed by atoms with Crippen LogP contribution >= 0.6 is 0 Å². The summed E-state index contributed by atoms with van der Waals surface area (Å²) in [5.74, 6) is 0.378. The Morgan fingerprint density at radius 2 is 1.80 bits per heavy atom. The summed E-state index contributed by atoms with van der Waals surface area (Å²) in [6.45, 7) is 0.461. The summed E-state index contributed by atoms with van der Waals surface area (Å²) in [5.41, 5.74) is -0.603. The van der Waals surface area contributed by atoms with Crippen LogP contribution in [-0.4, -0.2) is 23.2 Å². The van der Waals surface area contributed by atoms with E-state index in [4.69, 9.17) is 0 Å². The van der Waals surface area contributed by atoms with Gasteiger partial charge in [0.1, 0.15) is 0 Å². The fraction of sp³-hybridized carbons (Fsp3) is 0.917. The van der Waals surface area contributed by atoms with Crippen molar-refractivity contribution in [2.24, 2.45) is 5.92 Å². The molecular weight excluding hydrogens is 190 g/mol. The summed E-state index contributed by atoms with van der Waals surface area (Å²) in [6, 6.07) is 0. The third-order valence-corrected chi connectivity index (χ3v) is 3.85. The van der Waals surface area contributed by atoms with E-state index >= 15 is 0 Å². The third kappa shape index (κ3) is 2.71. The zero-order valence-corrected chi connectivity index (χ0v) is 9.30. The lowest BCUT2D eigenvalue weighted by Crippen LogP contribution is -2.42. The fourth-order valence-corrected chi connectivity index (χ4v) is 2.79. The van der Waals surface area contributed by atoms with E-state index in [2.05, 4.69) is 5.32 Å². The average molecular weight is 211 g/mol. The van der Waals surface area contributed by atoms with E-state index in [0.717, 1.165) is 38.5 Å². The normalized spacial score (nSPS) is 25.7. The highest BCUT2D eigenvalue weighted by atomic mass is 16.3. The molecule has 86 valence electrons. The van der Waals surface area contributed by atoms with Crippen molar-refractivity contribution in [2.45, 2.75) is 57.0 Å². The van der Waals surface area contributed by atoms with E-state index in [0.29, 0.717) is 6.54 Å². The molecule has 0 aromatic carbocycles. The van der Waals surface area contributed by atoms with Crippen LogP contribution < -0.4 is 5.32 Å². The summed E-state index contributed by atoms with van der Waals surface area (Å²) >= 11 is 0. The van der Waals surface area contributed by atoms with Crippen LogP contribution in [0.4, 0.5) is 0 Å². The van der Waals surface area contributed by atoms with Gasteiger partial charge in [-0.3, -0.25) is 4.79 Å². The third-order valence-electron chi connectivity index (χ3n) is 3.85. The summed E-state index contributed by atoms with van der Waals surface area (Å²) < 4.78 is 0. The lowest BCUT2D eigenvalue weighted by molar-refractivity contribution is -0.126. The molecule has 3 nitrogen and oxygen atoms in total. The average Bonchev–Trinajstić information content (AvgIpc) is 2.85. The van der Waals surface area contributed by atoms with E-state index in [-0.39, 0.29) is 11.8 Å². The van der Waals surface area contributed by atoms with Crippen LogP contribution in [0.25, 0.3) is 0 Å². The van der Waals surface area contributed by atoms with Gasteiger partial charge in [0.25, 0.3) is 0 Å². The van der Waals surface area contributed by atoms with Gasteiger partial charge in [0.2, 0.25) is 5.91 Å². The molecule has 2 aliphatic carbocycles. The summed E-state index contributed by atoms with van der Waals surface area (Å²) in [4.78, 5) is 11.7. The summed E-state index contributed by atoms with van der Waals surface area (Å²) in [5, 5.41) is 13.0. The number of aliphatic hydroxyl groups is 1. The zero-order chi connectivity index (χ0) is 10.7. The molecule has 0 unspecified atom stereocenters. The molecule has 0 atom stereocenters. The van der Waals surface area contributed by atoms with Gasteiger partial charge in [-0.1, -0.05) is 25.7 Å². The molecule has 2 N–H and O–H groups in total. The quantitative estimate of drug-likeness (QED) is 0.745. The number of nitrogens with one attached hydrogen (secondary N) is 1. The molecule has 0 saturated heterocycles. The second kappa shape index (κ2) is 4.52. The van der Waals surface area contributed by atoms with Crippen LogP contribution in [-0.2, 0) is 4.79 Å². The maximum atomic E-state index is 11.7. The van der Waals surface area contributed by atoms with Crippen molar-refractivity contribution in [1.29, 1.82) is 0 Å². The molecule has 2 fully saturated rings. The second-order valence-corrected chi connectivity index (χ2v) is 5.13. The van der Waals surface area contributed by atoms with Gasteiger partial charge >= 0.3 is 0 Å². The number of carbonyl (C=O) groups excluding carboxylic acids is 1. The highest BCUT2D eigenvalue weighted by molar-refractivity contribution is 5.78. The monoisotopic (exact) mass is 211 g/mol. The molecule has 2 aliphatic rings. The Bertz CT molecular complexity index is 228. The Hall–Kier alpha value is -0.570. The molecular formula is C12H21NO2. The first kappa shape index (κ1) is 10.9. The van der Waals surface area contributed by atoms with Crippen molar-refractivity contribution in [3.05, 3.63) is 0 Å². The first-order valence-electron chi connectivity index (χ1n) is 6.20. The van der Waals surface area contributed by atoms with Gasteiger partial charge in [0.05, 0.1) is 5.60 Å². The summed E-state index contributed by atoms with van der Waals surface area (Å²) in [6.07, 6.45) is 8.31. The Kier molecular flexibility index (Phi) is 3.29. The van der Waals surface area contributed by atoms with E-state index in [1.54, 1.807) is 0 Å². The number of amides is 1. The smallest absolute Gasteiger partial charge is 0.223 e. The molecule has 0 spiro atoms. The molecule has 15 heavy (non-hydrogen) atoms. The van der Waals surface area contributed by atoms with Crippen molar-refractivity contribution < 1.29 is 9.90 Å². The molecule has 0 heterocycles. The van der Waals surface area contributed by atoms with Crippen LogP contribution in [0.3, 0.4) is 0 Å². The van der Waals surface area contributed by atoms with Crippen LogP contribution in [0.5, 0.6) is 0 Å². The Morgan fingerprint density at radius 3 is 2.40 bits per heavy atom. The topological polar surface area (TPSA) is 49.3 Å². The largest absolute Gasteiger partial charge is 0.388 e. The number of hydrogen-bond acceptors (Lipinski definition) is 2. The van der Waals surface area contributed by atoms with Gasteiger partial charge in [-0.05, 0) is 25.7 Å². The van der Waals surface area contributed by atoms with Crippen molar-refractivity contribution in [2.75, 3.05) is 6.54 Å². The Balaban J connectivity index is 1.74. The highest BCUT2D eigenvalue weighted by Crippen LogP contribution is 2.29. The lowest BCUT2D eigenvalue weighted by atomic mass is 10.0. The van der Waals surface area contributed by atoms with E-state index in [9.17, 15) is 9.90 Å². The SMILES string of the molecule is O=C(NCC1(O)CCCC1)C1CCCC1. The van der Waals surface area contributed by atoms with Gasteiger partial charge in [-0.15, -0.1) is 0 Å². The molecule has 3 heteroatoms.